The molecule has 6 nitrogen and oxygen atoms in total. The fraction of sp³-hybridized carbons (Fsp3) is 0.650. The van der Waals surface area contributed by atoms with Crippen LogP contribution in [0.5, 0.6) is 5.75 Å². The number of nitrogens with zero attached hydrogens (tertiary/aromatic N) is 1. The van der Waals surface area contributed by atoms with E-state index in [9.17, 15) is 26.4 Å². The lowest BCUT2D eigenvalue weighted by Gasteiger charge is -2.57. The molecule has 1 aliphatic carbocycles. The number of fused-ring (bicyclic) bond motifs is 5. The quantitative estimate of drug-likeness (QED) is 0.548. The van der Waals surface area contributed by atoms with E-state index in [4.69, 9.17) is 5.73 Å². The molecule has 1 saturated heterocycles. The third-order valence-electron chi connectivity index (χ3n) is 6.65. The number of carbonyl (C=O) groups excluding carboxylic acids is 1. The Kier molecular flexibility index (Phi) is 5.64. The van der Waals surface area contributed by atoms with Crippen LogP contribution in [0.2, 0.25) is 0 Å². The lowest BCUT2D eigenvalue weighted by atomic mass is 9.64. The van der Waals surface area contributed by atoms with Gasteiger partial charge in [0.2, 0.25) is 0 Å². The van der Waals surface area contributed by atoms with Gasteiger partial charge in [-0.3, -0.25) is 4.79 Å². The normalized spacial score (nSPS) is 30.6. The largest absolute Gasteiger partial charge is 0.534 e. The summed E-state index contributed by atoms with van der Waals surface area (Å²) in [5.41, 5.74) is 1.62. The van der Waals surface area contributed by atoms with E-state index in [1.165, 1.54) is 12.1 Å². The molecule has 2 N–H and O–H groups in total. The van der Waals surface area contributed by atoms with Crippen molar-refractivity contribution in [2.45, 2.75) is 64.0 Å². The molecule has 10 heteroatoms. The van der Waals surface area contributed by atoms with Crippen molar-refractivity contribution in [3.8, 4) is 5.75 Å². The van der Waals surface area contributed by atoms with Crippen LogP contribution >= 0.6 is 0 Å². The molecule has 0 amide bonds. The van der Waals surface area contributed by atoms with Gasteiger partial charge >= 0.3 is 15.6 Å². The number of nitrogens with two attached hydrogens (primary N) is 1. The second kappa shape index (κ2) is 7.40. The number of carbonyl (C=O) groups is 1. The smallest absolute Gasteiger partial charge is 0.376 e. The van der Waals surface area contributed by atoms with E-state index in [1.54, 1.807) is 6.07 Å². The van der Waals surface area contributed by atoms with E-state index >= 15 is 0 Å². The highest BCUT2D eigenvalue weighted by Gasteiger charge is 2.60. The minimum absolute atomic E-state index is 0.0101. The number of halogens is 3. The Bertz CT molecular complexity index is 950. The molecule has 0 bridgehead atoms. The number of piperidine rings is 1. The maximum atomic E-state index is 12.6. The van der Waals surface area contributed by atoms with E-state index in [1.807, 2.05) is 25.7 Å². The van der Waals surface area contributed by atoms with Gasteiger partial charge in [-0.15, -0.1) is 0 Å². The highest BCUT2D eigenvalue weighted by Crippen LogP contribution is 2.55. The summed E-state index contributed by atoms with van der Waals surface area (Å²) in [7, 11) is -5.71. The number of ketones is 1. The van der Waals surface area contributed by atoms with Gasteiger partial charge in [-0.2, -0.15) is 21.6 Å². The summed E-state index contributed by atoms with van der Waals surface area (Å²) in [5.74, 6) is -0.122. The number of anilines is 1. The Morgan fingerprint density at radius 1 is 1.20 bits per heavy atom. The van der Waals surface area contributed by atoms with Gasteiger partial charge in [-0.05, 0) is 49.4 Å². The zero-order chi connectivity index (χ0) is 22.5. The fourth-order valence-corrected chi connectivity index (χ4v) is 5.62. The molecular formula is C20H27F3N2O4S. The van der Waals surface area contributed by atoms with Crippen LogP contribution in [0.4, 0.5) is 18.9 Å². The monoisotopic (exact) mass is 448 g/mol. The number of alkyl halides is 3. The Morgan fingerprint density at radius 3 is 2.50 bits per heavy atom. The summed E-state index contributed by atoms with van der Waals surface area (Å²) in [6.07, 6.45) is 2.90. The highest BCUT2D eigenvalue weighted by molar-refractivity contribution is 7.88. The molecular weight excluding hydrogens is 421 g/mol. The summed E-state index contributed by atoms with van der Waals surface area (Å²) < 4.78 is 64.4. The van der Waals surface area contributed by atoms with Gasteiger partial charge in [0.1, 0.15) is 11.5 Å². The molecule has 2 heterocycles. The van der Waals surface area contributed by atoms with Crippen LogP contribution in [0.1, 0.15) is 52.0 Å². The lowest BCUT2D eigenvalue weighted by molar-refractivity contribution is -0.128. The molecule has 4 rings (SSSR count). The zero-order valence-electron chi connectivity index (χ0n) is 17.3. The van der Waals surface area contributed by atoms with Crippen LogP contribution in [0.25, 0.3) is 0 Å². The minimum Gasteiger partial charge on any atom is -0.376 e. The second-order valence-electron chi connectivity index (χ2n) is 8.10. The average molecular weight is 449 g/mol. The van der Waals surface area contributed by atoms with Crippen molar-refractivity contribution in [3.05, 3.63) is 23.8 Å². The van der Waals surface area contributed by atoms with Gasteiger partial charge in [0.25, 0.3) is 0 Å². The van der Waals surface area contributed by atoms with Crippen LogP contribution in [-0.4, -0.2) is 31.9 Å². The molecule has 1 saturated carbocycles. The van der Waals surface area contributed by atoms with E-state index < -0.39 is 26.7 Å². The van der Waals surface area contributed by atoms with Crippen molar-refractivity contribution in [2.24, 2.45) is 17.1 Å². The minimum atomic E-state index is -5.71. The molecule has 1 aromatic rings. The molecule has 3 aliphatic rings. The first-order valence-electron chi connectivity index (χ1n) is 10.1. The highest BCUT2D eigenvalue weighted by atomic mass is 32.2. The number of aryl methyl sites for hydroxylation is 1. The molecule has 0 aromatic heterocycles. The molecule has 3 unspecified atom stereocenters. The van der Waals surface area contributed by atoms with Gasteiger partial charge in [0.15, 0.2) is 0 Å². The van der Waals surface area contributed by atoms with Crippen molar-refractivity contribution >= 4 is 21.6 Å². The number of hydrogen-bond acceptors (Lipinski definition) is 6. The molecule has 2 fully saturated rings. The first kappa shape index (κ1) is 22.9. The maximum absolute atomic E-state index is 12.6. The zero-order valence-corrected chi connectivity index (χ0v) is 18.1. The Balaban J connectivity index is 0.00000124. The molecule has 168 valence electrons. The predicted molar refractivity (Wildman–Crippen MR) is 106 cm³/mol. The van der Waals surface area contributed by atoms with Crippen molar-refractivity contribution < 1.29 is 30.6 Å². The van der Waals surface area contributed by atoms with Crippen LogP contribution in [0.15, 0.2) is 18.2 Å². The third kappa shape index (κ3) is 3.37. The second-order valence-corrected chi connectivity index (χ2v) is 9.64. The topological polar surface area (TPSA) is 89.7 Å². The van der Waals surface area contributed by atoms with E-state index in [0.29, 0.717) is 37.8 Å². The summed E-state index contributed by atoms with van der Waals surface area (Å²) in [5, 5.41) is 0. The van der Waals surface area contributed by atoms with Crippen LogP contribution in [0.3, 0.4) is 0 Å². The SMILES string of the molecule is CC.CC12CCN3c4ccc(OS(=O)(=O)C(F)(F)F)cc4CCC3(N)C1CCC2=O. The summed E-state index contributed by atoms with van der Waals surface area (Å²) >= 11 is 0. The van der Waals surface area contributed by atoms with E-state index in [2.05, 4.69) is 4.18 Å². The predicted octanol–water partition coefficient (Wildman–Crippen LogP) is 3.74. The van der Waals surface area contributed by atoms with Crippen LogP contribution in [-0.2, 0) is 21.3 Å². The van der Waals surface area contributed by atoms with Crippen molar-refractivity contribution in [2.75, 3.05) is 11.4 Å². The average Bonchev–Trinajstić information content (AvgIpc) is 2.98. The van der Waals surface area contributed by atoms with E-state index in [0.717, 1.165) is 12.1 Å². The Labute approximate surface area is 174 Å². The standard InChI is InChI=1S/C18H21F3N2O4S.C2H6/c1-16-8-9-23-13-3-2-12(27-28(25,26)18(19,20)21)10-11(13)6-7-17(23,22)14(16)4-5-15(16)24;1-2/h2-3,10,14H,4-9,22H2,1H3;1-2H3. The molecule has 2 aliphatic heterocycles. The summed E-state index contributed by atoms with van der Waals surface area (Å²) in [6, 6.07) is 4.09. The number of hydrogen-bond donors (Lipinski definition) is 1. The third-order valence-corrected chi connectivity index (χ3v) is 7.63. The molecule has 3 atom stereocenters. The maximum Gasteiger partial charge on any atom is 0.534 e. The van der Waals surface area contributed by atoms with Gasteiger partial charge in [0.05, 0.1) is 5.66 Å². The molecule has 1 aromatic carbocycles. The van der Waals surface area contributed by atoms with Gasteiger partial charge in [-0.1, -0.05) is 20.8 Å². The Hall–Kier alpha value is -1.81. The number of Topliss-reactive ketones (excluding diaryl/α,β-unsaturated/α-hetero) is 1. The molecule has 0 spiro atoms. The number of rotatable bonds is 2. The van der Waals surface area contributed by atoms with E-state index in [-0.39, 0.29) is 17.5 Å². The van der Waals surface area contributed by atoms with Gasteiger partial charge < -0.3 is 14.8 Å². The van der Waals surface area contributed by atoms with Crippen molar-refractivity contribution in [3.63, 3.8) is 0 Å². The first-order chi connectivity index (χ1) is 13.9. The first-order valence-corrected chi connectivity index (χ1v) is 11.5. The van der Waals surface area contributed by atoms with Crippen LogP contribution < -0.4 is 14.8 Å². The fourth-order valence-electron chi connectivity index (χ4n) is 5.17. The number of benzene rings is 1. The Morgan fingerprint density at radius 2 is 1.87 bits per heavy atom. The van der Waals surface area contributed by atoms with Crippen molar-refractivity contribution in [1.29, 1.82) is 0 Å². The van der Waals surface area contributed by atoms with Gasteiger partial charge in [-0.25, -0.2) is 0 Å². The van der Waals surface area contributed by atoms with Crippen molar-refractivity contribution in [1.82, 2.24) is 0 Å². The lowest BCUT2D eigenvalue weighted by Crippen LogP contribution is -2.69. The summed E-state index contributed by atoms with van der Waals surface area (Å²) in [4.78, 5) is 14.4. The van der Waals surface area contributed by atoms with Gasteiger partial charge in [0, 0.05) is 30.0 Å². The van der Waals surface area contributed by atoms with Crippen LogP contribution in [0, 0.1) is 11.3 Å². The molecule has 30 heavy (non-hydrogen) atoms. The molecule has 0 radical (unpaired) electrons. The summed E-state index contributed by atoms with van der Waals surface area (Å²) in [6.45, 7) is 6.54.